The molecule has 9 heteroatoms. The molecule has 0 aliphatic carbocycles. The Kier molecular flexibility index (Phi) is 15.1. The second-order valence-electron chi connectivity index (χ2n) is 19.8. The zero-order valence-electron chi connectivity index (χ0n) is 40.8. The van der Waals surface area contributed by atoms with Crippen LogP contribution < -0.4 is 11.2 Å². The van der Waals surface area contributed by atoms with E-state index in [0.29, 0.717) is 11.2 Å². The van der Waals surface area contributed by atoms with Crippen LogP contribution in [0, 0.1) is 0 Å². The van der Waals surface area contributed by atoms with Crippen LogP contribution in [0.1, 0.15) is 203 Å². The first-order chi connectivity index (χ1) is 29.7. The summed E-state index contributed by atoms with van der Waals surface area (Å²) in [4.78, 5) is 0. The standard InChI is InChI=1S/C54H72Cl2GeN6/c1-33(2)41-21-17-22-42(34(3)4)49(41)60-29-30-61(50-43(35(5)6)23-18-24-44(50)36(7)8)53(60)58-57(55,56)59-54-62(51-45(37(9)10)25-19-26-46(51)38(11)12)31-32-63(54)52-47(39(13)14)27-20-28-48(52)40(15)16/h17-40H,1-16H3. The van der Waals surface area contributed by atoms with E-state index in [1.807, 2.05) is 0 Å². The Hall–Kier alpha value is -3.98. The summed E-state index contributed by atoms with van der Waals surface area (Å²) in [6.07, 6.45) is 8.63. The molecule has 0 atom stereocenters. The minimum absolute atomic E-state index is 0.258. The molecule has 6 nitrogen and oxygen atoms in total. The van der Waals surface area contributed by atoms with E-state index in [0.717, 1.165) is 22.7 Å². The summed E-state index contributed by atoms with van der Waals surface area (Å²) in [7, 11) is 15.9. The van der Waals surface area contributed by atoms with Crippen LogP contribution in [0.2, 0.25) is 0 Å². The van der Waals surface area contributed by atoms with Gasteiger partial charge in [0.1, 0.15) is 0 Å². The molecule has 2 aromatic heterocycles. The molecule has 0 fully saturated rings. The van der Waals surface area contributed by atoms with E-state index in [1.165, 1.54) is 44.5 Å². The van der Waals surface area contributed by atoms with Crippen molar-refractivity contribution in [2.45, 2.75) is 158 Å². The van der Waals surface area contributed by atoms with Crippen LogP contribution in [-0.4, -0.2) is 30.1 Å². The van der Waals surface area contributed by atoms with E-state index in [2.05, 4.69) is 227 Å². The second kappa shape index (κ2) is 19.6. The average Bonchev–Trinajstić information content (AvgIpc) is 3.81. The topological polar surface area (TPSA) is 44.4 Å². The number of para-hydroxylation sites is 4. The summed E-state index contributed by atoms with van der Waals surface area (Å²) in [6, 6.07) is 26.7. The number of hydrogen-bond donors (Lipinski definition) is 0. The van der Waals surface area contributed by atoms with Crippen molar-refractivity contribution >= 4 is 31.9 Å². The molecule has 6 aromatic rings. The molecule has 0 amide bonds. The maximum atomic E-state index is 7.94. The summed E-state index contributed by atoms with van der Waals surface area (Å²) in [5.74, 6) is 2.07. The fourth-order valence-corrected chi connectivity index (χ4v) is 12.7. The molecule has 6 rings (SSSR count). The number of benzene rings is 4. The van der Waals surface area contributed by atoms with E-state index in [4.69, 9.17) is 27.9 Å². The van der Waals surface area contributed by atoms with Crippen LogP contribution in [0.25, 0.3) is 22.7 Å². The molecule has 0 saturated carbocycles. The number of imidazole rings is 2. The minimum atomic E-state index is -4.73. The van der Waals surface area contributed by atoms with E-state index < -0.39 is 11.9 Å². The number of aromatic nitrogens is 4. The van der Waals surface area contributed by atoms with Gasteiger partial charge in [0.05, 0.1) is 0 Å². The number of hydrogen-bond acceptors (Lipinski definition) is 2. The van der Waals surface area contributed by atoms with Gasteiger partial charge >= 0.3 is 392 Å². The summed E-state index contributed by atoms with van der Waals surface area (Å²) in [5.41, 5.74) is 15.8. The fourth-order valence-electron chi connectivity index (χ4n) is 9.10. The Morgan fingerprint density at radius 2 is 0.476 bits per heavy atom. The van der Waals surface area contributed by atoms with Gasteiger partial charge in [-0.2, -0.15) is 0 Å². The molecule has 0 radical (unpaired) electrons. The van der Waals surface area contributed by atoms with Crippen molar-refractivity contribution in [1.82, 2.24) is 18.3 Å². The van der Waals surface area contributed by atoms with Gasteiger partial charge in [-0.05, 0) is 0 Å². The van der Waals surface area contributed by atoms with Gasteiger partial charge in [0.25, 0.3) is 0 Å². The Morgan fingerprint density at radius 3 is 0.619 bits per heavy atom. The van der Waals surface area contributed by atoms with Gasteiger partial charge < -0.3 is 0 Å². The SMILES string of the molecule is CC(C)c1cccc(C(C)C)c1-n1ccn(-c2c(C(C)C)cccc2C(C)C)c1=[N][Ge]([Cl])([Cl])[N]=c1n(-c2c(C(C)C)cccc2C(C)C)ccn1-c1c(C(C)C)cccc1C(C)C. The molecule has 0 saturated heterocycles. The quantitative estimate of drug-likeness (QED) is 0.0977. The van der Waals surface area contributed by atoms with Crippen molar-refractivity contribution in [2.75, 3.05) is 0 Å². The van der Waals surface area contributed by atoms with Gasteiger partial charge in [-0.25, -0.2) is 0 Å². The predicted octanol–water partition coefficient (Wildman–Crippen LogP) is 15.3. The first-order valence-corrected chi connectivity index (χ1v) is 30.7. The molecule has 336 valence electrons. The molecule has 0 aliphatic rings. The summed E-state index contributed by atoms with van der Waals surface area (Å²) >= 11 is -4.73. The second-order valence-corrected chi connectivity index (χ2v) is 29.3. The first kappa shape index (κ1) is 48.5. The summed E-state index contributed by atoms with van der Waals surface area (Å²) in [5, 5.41) is 0. The van der Waals surface area contributed by atoms with E-state index in [-0.39, 0.29) is 47.3 Å². The van der Waals surface area contributed by atoms with Crippen LogP contribution >= 0.6 is 20.0 Å². The van der Waals surface area contributed by atoms with E-state index in [1.54, 1.807) is 0 Å². The molecule has 0 aliphatic heterocycles. The van der Waals surface area contributed by atoms with Crippen LogP contribution in [-0.2, 0) is 0 Å². The molecule has 0 unspecified atom stereocenters. The normalized spacial score (nSPS) is 12.5. The maximum absolute atomic E-state index is 7.94. The summed E-state index contributed by atoms with van der Waals surface area (Å²) in [6.45, 7) is 36.2. The Labute approximate surface area is 389 Å². The van der Waals surface area contributed by atoms with Crippen LogP contribution in [0.4, 0.5) is 0 Å². The molecule has 2 heterocycles. The van der Waals surface area contributed by atoms with Crippen molar-refractivity contribution in [3.05, 3.63) is 153 Å². The van der Waals surface area contributed by atoms with E-state index >= 15 is 0 Å². The molecule has 0 spiro atoms. The van der Waals surface area contributed by atoms with Gasteiger partial charge in [-0.15, -0.1) is 0 Å². The molecule has 0 N–H and O–H groups in total. The van der Waals surface area contributed by atoms with Crippen LogP contribution in [0.3, 0.4) is 0 Å². The van der Waals surface area contributed by atoms with Crippen LogP contribution in [0.15, 0.2) is 105 Å². The third-order valence-electron chi connectivity index (χ3n) is 12.4. The Balaban J connectivity index is 1.84. The Bertz CT molecular complexity index is 2240. The van der Waals surface area contributed by atoms with Gasteiger partial charge in [0.15, 0.2) is 0 Å². The van der Waals surface area contributed by atoms with Gasteiger partial charge in [0, 0.05) is 0 Å². The van der Waals surface area contributed by atoms with Crippen molar-refractivity contribution in [2.24, 2.45) is 7.90 Å². The monoisotopic (exact) mass is 948 g/mol. The third-order valence-corrected chi connectivity index (χ3v) is 16.1. The first-order valence-electron chi connectivity index (χ1n) is 23.3. The predicted molar refractivity (Wildman–Crippen MR) is 271 cm³/mol. The fraction of sp³-hybridized carbons (Fsp3) is 0.444. The van der Waals surface area contributed by atoms with E-state index in [9.17, 15) is 0 Å². The average molecular weight is 949 g/mol. The Morgan fingerprint density at radius 1 is 0.317 bits per heavy atom. The van der Waals surface area contributed by atoms with Crippen molar-refractivity contribution in [1.29, 1.82) is 0 Å². The third kappa shape index (κ3) is 9.84. The molecule has 0 bridgehead atoms. The zero-order valence-corrected chi connectivity index (χ0v) is 44.4. The zero-order chi connectivity index (χ0) is 46.2. The molecular formula is C54H72Cl2GeN6. The number of rotatable bonds is 14. The molecule has 63 heavy (non-hydrogen) atoms. The number of nitrogens with zero attached hydrogens (tertiary/aromatic N) is 6. The molecular weight excluding hydrogens is 876 g/mol. The summed E-state index contributed by atoms with van der Waals surface area (Å²) < 4.78 is 20.2. The van der Waals surface area contributed by atoms with Crippen molar-refractivity contribution < 1.29 is 0 Å². The van der Waals surface area contributed by atoms with Gasteiger partial charge in [0.2, 0.25) is 0 Å². The van der Waals surface area contributed by atoms with Crippen molar-refractivity contribution in [3.63, 3.8) is 0 Å². The van der Waals surface area contributed by atoms with Gasteiger partial charge in [-0.1, -0.05) is 0 Å². The molecule has 4 aromatic carbocycles. The number of halogens is 2. The van der Waals surface area contributed by atoms with Crippen molar-refractivity contribution in [3.8, 4) is 22.7 Å². The van der Waals surface area contributed by atoms with Crippen LogP contribution in [0.5, 0.6) is 0 Å². The van der Waals surface area contributed by atoms with Gasteiger partial charge in [-0.3, -0.25) is 0 Å².